The van der Waals surface area contributed by atoms with Crippen LogP contribution in [0, 0.1) is 6.92 Å². The fraction of sp³-hybridized carbons (Fsp3) is 0.647. The fourth-order valence-corrected chi connectivity index (χ4v) is 3.27. The summed E-state index contributed by atoms with van der Waals surface area (Å²) in [5.74, 6) is 0. The maximum absolute atomic E-state index is 12.1. The Morgan fingerprint density at radius 1 is 1.35 bits per heavy atom. The fourth-order valence-electron chi connectivity index (χ4n) is 3.27. The number of hydrogen-bond donors (Lipinski definition) is 2. The Hall–Kier alpha value is -2.26. The van der Waals surface area contributed by atoms with Gasteiger partial charge in [0.25, 0.3) is 5.56 Å². The first-order valence-electron chi connectivity index (χ1n) is 9.02. The van der Waals surface area contributed by atoms with Crippen LogP contribution in [-0.2, 0) is 11.2 Å². The van der Waals surface area contributed by atoms with Crippen LogP contribution in [0.1, 0.15) is 56.1 Å². The Kier molecular flexibility index (Phi) is 5.67. The van der Waals surface area contributed by atoms with Gasteiger partial charge in [0.2, 0.25) is 0 Å². The van der Waals surface area contributed by atoms with E-state index in [4.69, 9.17) is 4.74 Å². The van der Waals surface area contributed by atoms with Gasteiger partial charge in [-0.25, -0.2) is 9.48 Å². The summed E-state index contributed by atoms with van der Waals surface area (Å²) in [5, 5.41) is 18.1. The number of rotatable bonds is 7. The monoisotopic (exact) mass is 363 g/mol. The molecule has 1 aliphatic heterocycles. The van der Waals surface area contributed by atoms with Crippen LogP contribution in [0.2, 0.25) is 0 Å². The van der Waals surface area contributed by atoms with Crippen LogP contribution in [-0.4, -0.2) is 42.4 Å². The SMILES string of the molecule is CCCCCc1cn([C@H]2C[C@H](n3cc(C)c(=O)[nH]c3=O)O[C@@H]2CO)nn1. The van der Waals surface area contributed by atoms with E-state index in [0.717, 1.165) is 31.4 Å². The van der Waals surface area contributed by atoms with E-state index in [1.54, 1.807) is 11.6 Å². The van der Waals surface area contributed by atoms with Crippen molar-refractivity contribution in [3.05, 3.63) is 44.5 Å². The van der Waals surface area contributed by atoms with Crippen LogP contribution >= 0.6 is 0 Å². The molecule has 1 fully saturated rings. The zero-order valence-corrected chi connectivity index (χ0v) is 15.1. The highest BCUT2D eigenvalue weighted by Gasteiger charge is 2.38. The van der Waals surface area contributed by atoms with Gasteiger partial charge in [-0.15, -0.1) is 5.10 Å². The number of ether oxygens (including phenoxy) is 1. The van der Waals surface area contributed by atoms with E-state index in [1.165, 1.54) is 10.8 Å². The van der Waals surface area contributed by atoms with Crippen LogP contribution in [0.3, 0.4) is 0 Å². The van der Waals surface area contributed by atoms with Crippen molar-refractivity contribution in [1.82, 2.24) is 24.5 Å². The predicted octanol–water partition coefficient (Wildman–Crippen LogP) is 0.690. The number of unbranched alkanes of at least 4 members (excludes halogenated alkanes) is 2. The zero-order chi connectivity index (χ0) is 18.7. The van der Waals surface area contributed by atoms with Crippen molar-refractivity contribution in [1.29, 1.82) is 0 Å². The van der Waals surface area contributed by atoms with Crippen LogP contribution in [0.25, 0.3) is 0 Å². The van der Waals surface area contributed by atoms with Crippen LogP contribution < -0.4 is 11.2 Å². The van der Waals surface area contributed by atoms with Gasteiger partial charge in [0.1, 0.15) is 12.3 Å². The third-order valence-corrected chi connectivity index (χ3v) is 4.77. The second kappa shape index (κ2) is 7.96. The lowest BCUT2D eigenvalue weighted by Gasteiger charge is -2.15. The molecule has 3 heterocycles. The number of aliphatic hydroxyl groups excluding tert-OH is 1. The number of aryl methyl sites for hydroxylation is 2. The average molecular weight is 363 g/mol. The van der Waals surface area contributed by atoms with E-state index in [9.17, 15) is 14.7 Å². The molecule has 0 aromatic carbocycles. The average Bonchev–Trinajstić information content (AvgIpc) is 3.24. The molecule has 0 amide bonds. The third-order valence-electron chi connectivity index (χ3n) is 4.77. The summed E-state index contributed by atoms with van der Waals surface area (Å²) in [6.07, 6.45) is 6.98. The highest BCUT2D eigenvalue weighted by molar-refractivity contribution is 5.02. The normalized spacial score (nSPS) is 22.8. The van der Waals surface area contributed by atoms with Gasteiger partial charge in [-0.2, -0.15) is 0 Å². The molecular weight excluding hydrogens is 338 g/mol. The largest absolute Gasteiger partial charge is 0.394 e. The molecule has 0 radical (unpaired) electrons. The number of hydrogen-bond acceptors (Lipinski definition) is 6. The van der Waals surface area contributed by atoms with Crippen molar-refractivity contribution in [2.24, 2.45) is 0 Å². The maximum atomic E-state index is 12.1. The first-order chi connectivity index (χ1) is 12.5. The van der Waals surface area contributed by atoms with Crippen molar-refractivity contribution in [3.8, 4) is 0 Å². The van der Waals surface area contributed by atoms with Crippen molar-refractivity contribution < 1.29 is 9.84 Å². The first kappa shape index (κ1) is 18.5. The Balaban J connectivity index is 1.78. The van der Waals surface area contributed by atoms with E-state index >= 15 is 0 Å². The van der Waals surface area contributed by atoms with Crippen LogP contribution in [0.15, 0.2) is 22.0 Å². The Morgan fingerprint density at radius 2 is 2.15 bits per heavy atom. The van der Waals surface area contributed by atoms with Gasteiger partial charge >= 0.3 is 5.69 Å². The van der Waals surface area contributed by atoms with E-state index < -0.39 is 23.6 Å². The number of aromatic amines is 1. The standard InChI is InChI=1S/C17H25N5O4/c1-3-4-5-6-12-9-22(20-19-12)13-7-15(26-14(13)10-23)21-8-11(2)16(24)18-17(21)25/h8-9,13-15,23H,3-7,10H2,1-2H3,(H,18,24,25)/t13-,14+,15+/m0/s1. The molecule has 0 spiro atoms. The summed E-state index contributed by atoms with van der Waals surface area (Å²) >= 11 is 0. The smallest absolute Gasteiger partial charge is 0.330 e. The molecule has 0 aliphatic carbocycles. The van der Waals surface area contributed by atoms with Gasteiger partial charge in [-0.1, -0.05) is 25.0 Å². The van der Waals surface area contributed by atoms with Crippen molar-refractivity contribution in [2.75, 3.05) is 6.61 Å². The number of nitrogens with one attached hydrogen (secondary N) is 1. The molecule has 3 atom stereocenters. The maximum Gasteiger partial charge on any atom is 0.330 e. The number of aromatic nitrogens is 5. The van der Waals surface area contributed by atoms with Gasteiger partial charge in [0.05, 0.1) is 18.3 Å². The molecule has 2 N–H and O–H groups in total. The molecule has 0 saturated carbocycles. The van der Waals surface area contributed by atoms with Gasteiger partial charge in [0, 0.05) is 24.4 Å². The summed E-state index contributed by atoms with van der Waals surface area (Å²) < 4.78 is 8.92. The van der Waals surface area contributed by atoms with Crippen molar-refractivity contribution in [3.63, 3.8) is 0 Å². The summed E-state index contributed by atoms with van der Waals surface area (Å²) in [6, 6.07) is -0.225. The predicted molar refractivity (Wildman–Crippen MR) is 94.0 cm³/mol. The minimum Gasteiger partial charge on any atom is -0.394 e. The second-order valence-corrected chi connectivity index (χ2v) is 6.74. The molecule has 142 valence electrons. The van der Waals surface area contributed by atoms with Crippen molar-refractivity contribution in [2.45, 2.75) is 64.3 Å². The molecule has 0 bridgehead atoms. The van der Waals surface area contributed by atoms with Crippen LogP contribution in [0.5, 0.6) is 0 Å². The van der Waals surface area contributed by atoms with E-state index in [0.29, 0.717) is 12.0 Å². The van der Waals surface area contributed by atoms with E-state index in [-0.39, 0.29) is 12.6 Å². The van der Waals surface area contributed by atoms with Crippen molar-refractivity contribution >= 4 is 0 Å². The van der Waals surface area contributed by atoms with Gasteiger partial charge in [-0.3, -0.25) is 14.3 Å². The highest BCUT2D eigenvalue weighted by Crippen LogP contribution is 2.35. The summed E-state index contributed by atoms with van der Waals surface area (Å²) in [6.45, 7) is 3.59. The van der Waals surface area contributed by atoms with Gasteiger partial charge < -0.3 is 9.84 Å². The van der Waals surface area contributed by atoms with Gasteiger partial charge in [0.15, 0.2) is 0 Å². The molecule has 1 aliphatic rings. The molecule has 9 nitrogen and oxygen atoms in total. The molecular formula is C17H25N5O4. The summed E-state index contributed by atoms with van der Waals surface area (Å²) in [7, 11) is 0. The summed E-state index contributed by atoms with van der Waals surface area (Å²) in [5.41, 5.74) is 0.404. The lowest BCUT2D eigenvalue weighted by atomic mass is 10.1. The van der Waals surface area contributed by atoms with Crippen LogP contribution in [0.4, 0.5) is 0 Å². The Bertz CT molecular complexity index is 855. The number of aliphatic hydroxyl groups is 1. The highest BCUT2D eigenvalue weighted by atomic mass is 16.5. The Morgan fingerprint density at radius 3 is 2.88 bits per heavy atom. The van der Waals surface area contributed by atoms with E-state index in [2.05, 4.69) is 22.2 Å². The third kappa shape index (κ3) is 3.78. The molecule has 26 heavy (non-hydrogen) atoms. The molecule has 3 rings (SSSR count). The minimum absolute atomic E-state index is 0.191. The molecule has 1 saturated heterocycles. The minimum atomic E-state index is -0.576. The first-order valence-corrected chi connectivity index (χ1v) is 9.02. The second-order valence-electron chi connectivity index (χ2n) is 6.74. The summed E-state index contributed by atoms with van der Waals surface area (Å²) in [4.78, 5) is 25.9. The zero-order valence-electron chi connectivity index (χ0n) is 15.1. The molecule has 0 unspecified atom stereocenters. The number of nitrogens with zero attached hydrogens (tertiary/aromatic N) is 4. The number of H-pyrrole nitrogens is 1. The van der Waals surface area contributed by atoms with E-state index in [1.807, 2.05) is 6.20 Å². The lowest BCUT2D eigenvalue weighted by molar-refractivity contribution is -0.0323. The quantitative estimate of drug-likeness (QED) is 0.700. The molecule has 2 aromatic rings. The topological polar surface area (TPSA) is 115 Å². The van der Waals surface area contributed by atoms with Gasteiger partial charge in [-0.05, 0) is 19.8 Å². The molecule has 2 aromatic heterocycles. The molecule has 9 heteroatoms. The lowest BCUT2D eigenvalue weighted by Crippen LogP contribution is -2.33. The Labute approximate surface area is 150 Å².